The Bertz CT molecular complexity index is 1570. The monoisotopic (exact) mass is 653 g/mol. The van der Waals surface area contributed by atoms with E-state index in [0.29, 0.717) is 13.2 Å². The zero-order valence-electron chi connectivity index (χ0n) is 27.7. The second kappa shape index (κ2) is 11.3. The van der Waals surface area contributed by atoms with Crippen molar-refractivity contribution >= 4 is 53.3 Å². The molecule has 3 aliphatic rings. The number of ether oxygens (including phenoxy) is 1. The SMILES string of the molecule is CC(C)(C)OC(=O)N1CC(N2CCCc3cc(Cl)cc(-c4ccnc5cc(CO[Si](C)(C)C(C)(C)C)sc45)c32)CC12CCC2. The minimum atomic E-state index is -1.88. The van der Waals surface area contributed by atoms with Gasteiger partial charge in [-0.25, -0.2) is 4.79 Å². The number of carbonyl (C=O) groups is 1. The van der Waals surface area contributed by atoms with Crippen LogP contribution in [0.25, 0.3) is 21.3 Å². The number of pyridine rings is 1. The number of benzene rings is 1. The number of nitrogens with zero attached hydrogens (tertiary/aromatic N) is 3. The highest BCUT2D eigenvalue weighted by Gasteiger charge is 2.54. The van der Waals surface area contributed by atoms with Crippen LogP contribution in [0.15, 0.2) is 30.5 Å². The van der Waals surface area contributed by atoms with Gasteiger partial charge in [0.15, 0.2) is 8.32 Å². The van der Waals surface area contributed by atoms with E-state index in [4.69, 9.17) is 25.7 Å². The number of aryl methyl sites for hydroxylation is 1. The number of halogens is 1. The second-order valence-corrected chi connectivity index (χ2v) is 22.0. The normalized spacial score (nSPS) is 20.2. The van der Waals surface area contributed by atoms with Crippen LogP contribution in [0.3, 0.4) is 0 Å². The Morgan fingerprint density at radius 1 is 1.11 bits per heavy atom. The van der Waals surface area contributed by atoms with Gasteiger partial charge < -0.3 is 19.0 Å². The van der Waals surface area contributed by atoms with Crippen LogP contribution in [0.5, 0.6) is 0 Å². The molecule has 2 aliphatic heterocycles. The molecular weight excluding hydrogens is 606 g/mol. The third kappa shape index (κ3) is 5.92. The van der Waals surface area contributed by atoms with E-state index in [0.717, 1.165) is 61.2 Å². The predicted molar refractivity (Wildman–Crippen MR) is 186 cm³/mol. The number of fused-ring (bicyclic) bond motifs is 2. The van der Waals surface area contributed by atoms with Crippen molar-refractivity contribution in [1.82, 2.24) is 9.88 Å². The lowest BCUT2D eigenvalue weighted by molar-refractivity contribution is -0.00979. The van der Waals surface area contributed by atoms with E-state index in [1.54, 1.807) is 11.3 Å². The van der Waals surface area contributed by atoms with Gasteiger partial charge in [0, 0.05) is 57.6 Å². The van der Waals surface area contributed by atoms with Gasteiger partial charge in [-0.2, -0.15) is 0 Å². The fourth-order valence-electron chi connectivity index (χ4n) is 6.92. The van der Waals surface area contributed by atoms with Crippen molar-refractivity contribution in [3.63, 3.8) is 0 Å². The largest absolute Gasteiger partial charge is 0.444 e. The van der Waals surface area contributed by atoms with Crippen LogP contribution in [-0.2, 0) is 22.2 Å². The number of likely N-dealkylation sites (tertiary alicyclic amines) is 1. The average Bonchev–Trinajstić information content (AvgIpc) is 3.52. The summed E-state index contributed by atoms with van der Waals surface area (Å²) in [5, 5.41) is 0.925. The quantitative estimate of drug-likeness (QED) is 0.257. The van der Waals surface area contributed by atoms with Gasteiger partial charge in [0.05, 0.1) is 16.8 Å². The van der Waals surface area contributed by atoms with Gasteiger partial charge in [0.2, 0.25) is 0 Å². The molecule has 1 amide bonds. The first-order valence-corrected chi connectivity index (χ1v) is 20.3. The number of anilines is 1. The number of aromatic nitrogens is 1. The summed E-state index contributed by atoms with van der Waals surface area (Å²) in [6.07, 6.45) is 8.07. The van der Waals surface area contributed by atoms with E-state index in [1.165, 1.54) is 26.4 Å². The van der Waals surface area contributed by atoms with Crippen molar-refractivity contribution < 1.29 is 14.0 Å². The van der Waals surface area contributed by atoms with Crippen LogP contribution in [0.4, 0.5) is 10.5 Å². The fraction of sp³-hybridized carbons (Fsp3) is 0.600. The van der Waals surface area contributed by atoms with E-state index in [9.17, 15) is 4.79 Å². The molecule has 1 unspecified atom stereocenters. The lowest BCUT2D eigenvalue weighted by Crippen LogP contribution is -2.53. The summed E-state index contributed by atoms with van der Waals surface area (Å²) in [7, 11) is -1.88. The summed E-state index contributed by atoms with van der Waals surface area (Å²) in [5.74, 6) is 0. The predicted octanol–water partition coefficient (Wildman–Crippen LogP) is 9.82. The second-order valence-electron chi connectivity index (χ2n) is 15.6. The summed E-state index contributed by atoms with van der Waals surface area (Å²) in [6.45, 7) is 19.6. The molecule has 1 saturated carbocycles. The highest BCUT2D eigenvalue weighted by Crippen LogP contribution is 2.51. The van der Waals surface area contributed by atoms with Crippen molar-refractivity contribution in [2.24, 2.45) is 0 Å². The molecule has 0 radical (unpaired) electrons. The molecule has 1 spiro atoms. The Balaban J connectivity index is 1.36. The molecule has 1 saturated heterocycles. The molecule has 238 valence electrons. The maximum atomic E-state index is 13.4. The zero-order chi connectivity index (χ0) is 31.7. The van der Waals surface area contributed by atoms with E-state index in [1.807, 2.05) is 27.0 Å². The van der Waals surface area contributed by atoms with Gasteiger partial charge in [0.25, 0.3) is 0 Å². The summed E-state index contributed by atoms with van der Waals surface area (Å²) in [4.78, 5) is 24.1. The first-order valence-electron chi connectivity index (χ1n) is 16.2. The molecule has 9 heteroatoms. The highest BCUT2D eigenvalue weighted by atomic mass is 35.5. The van der Waals surface area contributed by atoms with Crippen LogP contribution < -0.4 is 4.90 Å². The number of rotatable bonds is 5. The number of amides is 1. The number of hydrogen-bond acceptors (Lipinski definition) is 6. The van der Waals surface area contributed by atoms with E-state index < -0.39 is 13.9 Å². The van der Waals surface area contributed by atoms with Crippen molar-refractivity contribution in [2.45, 2.75) is 122 Å². The first kappa shape index (κ1) is 31.8. The van der Waals surface area contributed by atoms with Crippen molar-refractivity contribution in [1.29, 1.82) is 0 Å². The van der Waals surface area contributed by atoms with E-state index >= 15 is 0 Å². The Kier molecular flexibility index (Phi) is 8.16. The van der Waals surface area contributed by atoms with Crippen LogP contribution >= 0.6 is 22.9 Å². The summed E-state index contributed by atoms with van der Waals surface area (Å²) in [6, 6.07) is 8.86. The van der Waals surface area contributed by atoms with Crippen LogP contribution in [-0.4, -0.2) is 54.6 Å². The third-order valence-corrected chi connectivity index (χ3v) is 16.2. The molecule has 6 rings (SSSR count). The van der Waals surface area contributed by atoms with Crippen molar-refractivity contribution in [3.8, 4) is 11.1 Å². The standard InChI is InChI=1S/C35H48ClN3O3SSi/c1-33(2,3)42-32(40)39-21-25(20-35(39)13-10-14-35)38-16-9-11-23-17-24(36)18-28(30(23)38)27-12-15-37-29-19-26(43-31(27)29)22-41-44(7,8)34(4,5)6/h12,15,17-19,25H,9-11,13-14,16,20-22H2,1-8H3. The van der Waals surface area contributed by atoms with Gasteiger partial charge in [0.1, 0.15) is 5.60 Å². The summed E-state index contributed by atoms with van der Waals surface area (Å²) < 4.78 is 13.7. The van der Waals surface area contributed by atoms with Gasteiger partial charge in [-0.15, -0.1) is 11.3 Å². The highest BCUT2D eigenvalue weighted by molar-refractivity contribution is 7.19. The Morgan fingerprint density at radius 3 is 2.52 bits per heavy atom. The molecule has 6 nitrogen and oxygen atoms in total. The Morgan fingerprint density at radius 2 is 1.86 bits per heavy atom. The number of thiophene rings is 1. The van der Waals surface area contributed by atoms with Gasteiger partial charge >= 0.3 is 6.09 Å². The number of carbonyl (C=O) groups excluding carboxylic acids is 1. The lowest BCUT2D eigenvalue weighted by Gasteiger charge is -2.45. The molecule has 1 atom stereocenters. The molecule has 0 N–H and O–H groups in total. The maximum absolute atomic E-state index is 13.4. The molecule has 44 heavy (non-hydrogen) atoms. The smallest absolute Gasteiger partial charge is 0.410 e. The Labute approximate surface area is 273 Å². The third-order valence-electron chi connectivity index (χ3n) is 10.3. The first-order chi connectivity index (χ1) is 20.6. The maximum Gasteiger partial charge on any atom is 0.410 e. The molecule has 2 aromatic heterocycles. The summed E-state index contributed by atoms with van der Waals surface area (Å²) in [5.41, 5.74) is 5.30. The molecule has 1 aliphatic carbocycles. The Hall–Kier alpha value is -2.13. The van der Waals surface area contributed by atoms with E-state index in [-0.39, 0.29) is 22.7 Å². The van der Waals surface area contributed by atoms with E-state index in [2.05, 4.69) is 67.9 Å². The van der Waals surface area contributed by atoms with Crippen LogP contribution in [0.1, 0.15) is 84.1 Å². The molecular formula is C35H48ClN3O3SSi. The van der Waals surface area contributed by atoms with Crippen molar-refractivity contribution in [2.75, 3.05) is 18.0 Å². The lowest BCUT2D eigenvalue weighted by atomic mass is 9.74. The molecule has 1 aromatic carbocycles. The topological polar surface area (TPSA) is 54.9 Å². The van der Waals surface area contributed by atoms with Crippen LogP contribution in [0.2, 0.25) is 23.2 Å². The molecule has 3 aromatic rings. The summed E-state index contributed by atoms with van der Waals surface area (Å²) >= 11 is 8.61. The average molecular weight is 654 g/mol. The molecule has 4 heterocycles. The molecule has 2 fully saturated rings. The minimum Gasteiger partial charge on any atom is -0.444 e. The molecule has 0 bridgehead atoms. The van der Waals surface area contributed by atoms with Gasteiger partial charge in [-0.1, -0.05) is 32.4 Å². The zero-order valence-corrected chi connectivity index (χ0v) is 30.3. The van der Waals surface area contributed by atoms with Crippen molar-refractivity contribution in [3.05, 3.63) is 45.9 Å². The van der Waals surface area contributed by atoms with Gasteiger partial charge in [-0.3, -0.25) is 4.98 Å². The number of hydrogen-bond donors (Lipinski definition) is 0. The van der Waals surface area contributed by atoms with Gasteiger partial charge in [-0.05, 0) is 107 Å². The fourth-order valence-corrected chi connectivity index (χ4v) is 9.27. The van der Waals surface area contributed by atoms with Crippen LogP contribution in [0, 0.1) is 0 Å². The minimum absolute atomic E-state index is 0.0894.